The van der Waals surface area contributed by atoms with E-state index in [9.17, 15) is 0 Å². The van der Waals surface area contributed by atoms with Crippen LogP contribution in [0.3, 0.4) is 0 Å². The van der Waals surface area contributed by atoms with Crippen molar-refractivity contribution in [2.45, 2.75) is 6.92 Å². The quantitative estimate of drug-likeness (QED) is 0.455. The molecule has 4 rings (SSSR count). The molecule has 0 N–H and O–H groups in total. The lowest BCUT2D eigenvalue weighted by molar-refractivity contribution is 0.954. The molecule has 0 bridgehead atoms. The van der Waals surface area contributed by atoms with Gasteiger partial charge in [-0.15, -0.1) is 0 Å². The molecule has 0 aliphatic heterocycles. The van der Waals surface area contributed by atoms with Gasteiger partial charge in [0, 0.05) is 0 Å². The third-order valence-corrected chi connectivity index (χ3v) is 4.15. The van der Waals surface area contributed by atoms with E-state index in [-0.39, 0.29) is 0 Å². The summed E-state index contributed by atoms with van der Waals surface area (Å²) in [5.41, 5.74) is 2.69. The van der Waals surface area contributed by atoms with E-state index in [1.807, 2.05) is 0 Å². The van der Waals surface area contributed by atoms with E-state index in [4.69, 9.17) is 0 Å². The zero-order valence-corrected chi connectivity index (χ0v) is 11.5. The lowest BCUT2D eigenvalue weighted by Gasteiger charge is -2.12. The predicted octanol–water partition coefficient (Wildman–Crippen LogP) is 5.67. The van der Waals surface area contributed by atoms with Crippen LogP contribution in [0.5, 0.6) is 0 Å². The minimum atomic E-state index is 0.486. The Hall–Kier alpha value is -2.34. The molecular formula is C20H16. The number of benzene rings is 3. The Morgan fingerprint density at radius 3 is 1.45 bits per heavy atom. The van der Waals surface area contributed by atoms with Crippen molar-refractivity contribution in [2.75, 3.05) is 0 Å². The number of rotatable bonds is 0. The van der Waals surface area contributed by atoms with Crippen LogP contribution in [0.1, 0.15) is 18.1 Å². The molecule has 20 heavy (non-hydrogen) atoms. The number of allylic oxidation sites excluding steroid dienone is 2. The van der Waals surface area contributed by atoms with Crippen LogP contribution in [0.2, 0.25) is 0 Å². The van der Waals surface area contributed by atoms with Gasteiger partial charge in [0.25, 0.3) is 0 Å². The first kappa shape index (κ1) is 11.5. The maximum Gasteiger partial charge on any atom is -0.00752 e. The van der Waals surface area contributed by atoms with Crippen molar-refractivity contribution in [2.24, 2.45) is 5.92 Å². The molecule has 3 aromatic rings. The van der Waals surface area contributed by atoms with Crippen molar-refractivity contribution in [1.82, 2.24) is 0 Å². The zero-order chi connectivity index (χ0) is 13.5. The molecule has 0 amide bonds. The third kappa shape index (κ3) is 1.61. The molecule has 0 fully saturated rings. The molecule has 1 aliphatic rings. The molecule has 0 spiro atoms. The summed E-state index contributed by atoms with van der Waals surface area (Å²) in [6.07, 6.45) is 9.14. The zero-order valence-electron chi connectivity index (χ0n) is 11.5. The predicted molar refractivity (Wildman–Crippen MR) is 88.7 cm³/mol. The summed E-state index contributed by atoms with van der Waals surface area (Å²) >= 11 is 0. The van der Waals surface area contributed by atoms with Gasteiger partial charge in [-0.05, 0) is 38.6 Å². The Morgan fingerprint density at radius 1 is 0.600 bits per heavy atom. The van der Waals surface area contributed by atoms with Crippen molar-refractivity contribution >= 4 is 33.7 Å². The first-order valence-corrected chi connectivity index (χ1v) is 7.14. The Morgan fingerprint density at radius 2 is 1.00 bits per heavy atom. The summed E-state index contributed by atoms with van der Waals surface area (Å²) in [7, 11) is 0. The highest BCUT2D eigenvalue weighted by Crippen LogP contribution is 2.35. The second kappa shape index (κ2) is 4.35. The Kier molecular flexibility index (Phi) is 2.50. The van der Waals surface area contributed by atoms with Gasteiger partial charge in [-0.25, -0.2) is 0 Å². The van der Waals surface area contributed by atoms with Crippen molar-refractivity contribution in [3.63, 3.8) is 0 Å². The molecule has 3 aromatic carbocycles. The van der Waals surface area contributed by atoms with E-state index < -0.39 is 0 Å². The number of hydrogen-bond donors (Lipinski definition) is 0. The molecule has 0 saturated heterocycles. The molecule has 0 nitrogen and oxygen atoms in total. The van der Waals surface area contributed by atoms with E-state index in [0.717, 1.165) is 0 Å². The molecule has 0 heterocycles. The van der Waals surface area contributed by atoms with Crippen LogP contribution in [-0.2, 0) is 0 Å². The average Bonchev–Trinajstić information content (AvgIpc) is 2.70. The van der Waals surface area contributed by atoms with Gasteiger partial charge in [0.1, 0.15) is 0 Å². The number of fused-ring (bicyclic) bond motifs is 6. The molecule has 96 valence electrons. The van der Waals surface area contributed by atoms with Gasteiger partial charge >= 0.3 is 0 Å². The highest BCUT2D eigenvalue weighted by atomic mass is 14.2. The fraction of sp³-hybridized carbons (Fsp3) is 0.100. The number of hydrogen-bond acceptors (Lipinski definition) is 0. The van der Waals surface area contributed by atoms with Crippen molar-refractivity contribution in [3.8, 4) is 0 Å². The lowest BCUT2D eigenvalue weighted by Crippen LogP contribution is -1.88. The van der Waals surface area contributed by atoms with Crippen LogP contribution in [-0.4, -0.2) is 0 Å². The van der Waals surface area contributed by atoms with Gasteiger partial charge in [0.15, 0.2) is 0 Å². The smallest absolute Gasteiger partial charge is 0.00752 e. The Balaban J connectivity index is 2.28. The van der Waals surface area contributed by atoms with E-state index in [1.165, 1.54) is 32.7 Å². The summed E-state index contributed by atoms with van der Waals surface area (Å²) in [6, 6.07) is 17.4. The molecule has 0 radical (unpaired) electrons. The van der Waals surface area contributed by atoms with Gasteiger partial charge in [-0.1, -0.05) is 79.8 Å². The molecule has 0 atom stereocenters. The topological polar surface area (TPSA) is 0 Å². The maximum atomic E-state index is 2.29. The highest BCUT2D eigenvalue weighted by molar-refractivity contribution is 6.14. The van der Waals surface area contributed by atoms with Gasteiger partial charge in [0.05, 0.1) is 0 Å². The monoisotopic (exact) mass is 256 g/mol. The first-order valence-electron chi connectivity index (χ1n) is 7.14. The van der Waals surface area contributed by atoms with Gasteiger partial charge in [-0.2, -0.15) is 0 Å². The molecule has 1 aliphatic carbocycles. The van der Waals surface area contributed by atoms with Crippen LogP contribution in [0, 0.1) is 5.92 Å². The maximum absolute atomic E-state index is 2.29. The summed E-state index contributed by atoms with van der Waals surface area (Å²) in [4.78, 5) is 0. The molecule has 0 heteroatoms. The fourth-order valence-electron chi connectivity index (χ4n) is 3.12. The van der Waals surface area contributed by atoms with Crippen LogP contribution >= 0.6 is 0 Å². The van der Waals surface area contributed by atoms with Gasteiger partial charge < -0.3 is 0 Å². The van der Waals surface area contributed by atoms with Crippen LogP contribution in [0.25, 0.3) is 33.7 Å². The second-order valence-electron chi connectivity index (χ2n) is 5.50. The largest absolute Gasteiger partial charge is 0.0773 e. The minimum absolute atomic E-state index is 0.486. The Labute approximate surface area is 119 Å². The highest BCUT2D eigenvalue weighted by Gasteiger charge is 2.12. The minimum Gasteiger partial charge on any atom is -0.0773 e. The summed E-state index contributed by atoms with van der Waals surface area (Å²) in [5, 5.41) is 5.37. The summed E-state index contributed by atoms with van der Waals surface area (Å²) in [6.45, 7) is 2.23. The molecular weight excluding hydrogens is 240 g/mol. The van der Waals surface area contributed by atoms with Crippen molar-refractivity contribution in [3.05, 3.63) is 71.8 Å². The summed E-state index contributed by atoms with van der Waals surface area (Å²) < 4.78 is 0. The molecule has 0 aromatic heterocycles. The summed E-state index contributed by atoms with van der Waals surface area (Å²) in [5.74, 6) is 0.486. The molecule has 0 saturated carbocycles. The van der Waals surface area contributed by atoms with E-state index >= 15 is 0 Å². The first-order chi connectivity index (χ1) is 9.84. The van der Waals surface area contributed by atoms with E-state index in [1.54, 1.807) is 0 Å². The second-order valence-corrected chi connectivity index (χ2v) is 5.50. The van der Waals surface area contributed by atoms with Gasteiger partial charge in [0.2, 0.25) is 0 Å². The standard InChI is InChI=1S/C20H16/c1-14-10-12-19-17-8-4-2-6-15(17)16-7-3-5-9-18(16)20(19)13-11-14/h2-14H,1H3. The van der Waals surface area contributed by atoms with Gasteiger partial charge in [-0.3, -0.25) is 0 Å². The third-order valence-electron chi connectivity index (χ3n) is 4.15. The van der Waals surface area contributed by atoms with E-state index in [2.05, 4.69) is 79.8 Å². The van der Waals surface area contributed by atoms with E-state index in [0.29, 0.717) is 5.92 Å². The van der Waals surface area contributed by atoms with Crippen molar-refractivity contribution in [1.29, 1.82) is 0 Å². The lowest BCUT2D eigenvalue weighted by atomic mass is 9.92. The SMILES string of the molecule is CC1C=Cc2c(c3ccccc3c3ccccc23)C=C1. The normalized spacial score (nSPS) is 14.7. The Bertz CT molecular complexity index is 793. The fourth-order valence-corrected chi connectivity index (χ4v) is 3.12. The molecule has 0 unspecified atom stereocenters. The average molecular weight is 256 g/mol. The van der Waals surface area contributed by atoms with Crippen molar-refractivity contribution < 1.29 is 0 Å². The van der Waals surface area contributed by atoms with Crippen LogP contribution in [0.4, 0.5) is 0 Å². The van der Waals surface area contributed by atoms with Crippen LogP contribution in [0.15, 0.2) is 60.7 Å². The van der Waals surface area contributed by atoms with Crippen LogP contribution < -0.4 is 0 Å².